The summed E-state index contributed by atoms with van der Waals surface area (Å²) in [6.45, 7) is 2.87. The van der Waals surface area contributed by atoms with Gasteiger partial charge in [0.2, 0.25) is 0 Å². The molecule has 1 heteroatoms. The minimum absolute atomic E-state index is 0.145. The summed E-state index contributed by atoms with van der Waals surface area (Å²) in [6, 6.07) is 17.7. The van der Waals surface area contributed by atoms with Crippen LogP contribution in [0.4, 0.5) is 0 Å². The smallest absolute Gasteiger partial charge is 0.0122 e. The van der Waals surface area contributed by atoms with E-state index in [1.54, 1.807) is 0 Å². The fourth-order valence-corrected chi connectivity index (χ4v) is 3.33. The second kappa shape index (κ2) is 4.82. The zero-order valence-corrected chi connectivity index (χ0v) is 11.5. The molecule has 1 aliphatic carbocycles. The third kappa shape index (κ3) is 2.19. The van der Waals surface area contributed by atoms with Crippen molar-refractivity contribution in [3.8, 4) is 0 Å². The Labute approximate surface area is 115 Å². The molecule has 0 saturated heterocycles. The van der Waals surface area contributed by atoms with Crippen molar-refractivity contribution in [3.63, 3.8) is 0 Å². The Kier molecular flexibility index (Phi) is 3.16. The van der Waals surface area contributed by atoms with Gasteiger partial charge in [-0.1, -0.05) is 54.1 Å². The highest BCUT2D eigenvalue weighted by atomic mass is 14.6. The van der Waals surface area contributed by atoms with Gasteiger partial charge in [-0.25, -0.2) is 0 Å². The zero-order chi connectivity index (χ0) is 13.3. The van der Waals surface area contributed by atoms with E-state index in [1.165, 1.54) is 35.1 Å². The Balaban J connectivity index is 1.95. The van der Waals surface area contributed by atoms with E-state index in [1.807, 2.05) is 0 Å². The zero-order valence-electron chi connectivity index (χ0n) is 11.5. The number of benzene rings is 2. The lowest BCUT2D eigenvalue weighted by atomic mass is 9.76. The number of hydrogen-bond donors (Lipinski definition) is 1. The van der Waals surface area contributed by atoms with Crippen LogP contribution in [0.1, 0.15) is 28.7 Å². The maximum atomic E-state index is 6.16. The van der Waals surface area contributed by atoms with Crippen LogP contribution >= 0.6 is 0 Å². The molecule has 1 aliphatic rings. The van der Waals surface area contributed by atoms with Gasteiger partial charge in [-0.3, -0.25) is 0 Å². The first-order valence-corrected chi connectivity index (χ1v) is 7.07. The van der Waals surface area contributed by atoms with Crippen molar-refractivity contribution in [2.45, 2.75) is 31.6 Å². The van der Waals surface area contributed by atoms with Gasteiger partial charge in [0.25, 0.3) is 0 Å². The average Bonchev–Trinajstić information content (AvgIpc) is 2.81. The monoisotopic (exact) mass is 251 g/mol. The van der Waals surface area contributed by atoms with Gasteiger partial charge < -0.3 is 5.73 Å². The molecule has 19 heavy (non-hydrogen) atoms. The lowest BCUT2D eigenvalue weighted by Gasteiger charge is -2.29. The minimum Gasteiger partial charge on any atom is -0.330 e. The van der Waals surface area contributed by atoms with Crippen LogP contribution in [0.2, 0.25) is 0 Å². The Morgan fingerprint density at radius 1 is 1.05 bits per heavy atom. The molecule has 1 nitrogen and oxygen atoms in total. The largest absolute Gasteiger partial charge is 0.330 e. The van der Waals surface area contributed by atoms with Crippen LogP contribution in [0.25, 0.3) is 0 Å². The first-order valence-electron chi connectivity index (χ1n) is 7.07. The van der Waals surface area contributed by atoms with Crippen molar-refractivity contribution in [1.82, 2.24) is 0 Å². The van der Waals surface area contributed by atoms with Gasteiger partial charge in [0.15, 0.2) is 0 Å². The first-order chi connectivity index (χ1) is 9.23. The van der Waals surface area contributed by atoms with Crippen molar-refractivity contribution in [2.75, 3.05) is 6.54 Å². The minimum atomic E-state index is 0.145. The lowest BCUT2D eigenvalue weighted by Crippen LogP contribution is -2.35. The number of rotatable bonds is 3. The van der Waals surface area contributed by atoms with Gasteiger partial charge in [0.05, 0.1) is 0 Å². The average molecular weight is 251 g/mol. The summed E-state index contributed by atoms with van der Waals surface area (Å²) in [5.41, 5.74) is 12.0. The molecule has 2 aromatic rings. The second-order valence-electron chi connectivity index (χ2n) is 5.80. The van der Waals surface area contributed by atoms with Crippen LogP contribution in [0, 0.1) is 6.92 Å². The van der Waals surface area contributed by atoms with Crippen molar-refractivity contribution in [2.24, 2.45) is 5.73 Å². The lowest BCUT2D eigenvalue weighted by molar-refractivity contribution is 0.432. The van der Waals surface area contributed by atoms with Gasteiger partial charge >= 0.3 is 0 Å². The highest BCUT2D eigenvalue weighted by molar-refractivity contribution is 5.41. The maximum Gasteiger partial charge on any atom is 0.0122 e. The standard InChI is InChI=1S/C18H21N/c1-14-6-8-15(9-7-14)12-18(13-19)11-10-16-4-2-3-5-17(16)18/h2-9H,10-13,19H2,1H3. The molecule has 0 heterocycles. The van der Waals surface area contributed by atoms with Crippen LogP contribution in [-0.2, 0) is 18.3 Å². The molecule has 0 spiro atoms. The Hall–Kier alpha value is -1.60. The maximum absolute atomic E-state index is 6.16. The van der Waals surface area contributed by atoms with Gasteiger partial charge in [-0.15, -0.1) is 0 Å². The van der Waals surface area contributed by atoms with E-state index in [0.717, 1.165) is 13.0 Å². The molecule has 0 aliphatic heterocycles. The van der Waals surface area contributed by atoms with Gasteiger partial charge in [0, 0.05) is 12.0 Å². The molecule has 0 amide bonds. The van der Waals surface area contributed by atoms with Crippen molar-refractivity contribution in [1.29, 1.82) is 0 Å². The summed E-state index contributed by atoms with van der Waals surface area (Å²) in [6.07, 6.45) is 3.40. The number of fused-ring (bicyclic) bond motifs is 1. The van der Waals surface area contributed by atoms with Crippen LogP contribution in [0.3, 0.4) is 0 Å². The van der Waals surface area contributed by atoms with Crippen LogP contribution in [0.15, 0.2) is 48.5 Å². The number of hydrogen-bond acceptors (Lipinski definition) is 1. The third-order valence-electron chi connectivity index (χ3n) is 4.52. The SMILES string of the molecule is Cc1ccc(CC2(CN)CCc3ccccc32)cc1. The van der Waals surface area contributed by atoms with E-state index >= 15 is 0 Å². The van der Waals surface area contributed by atoms with E-state index in [4.69, 9.17) is 5.73 Å². The summed E-state index contributed by atoms with van der Waals surface area (Å²) < 4.78 is 0. The van der Waals surface area contributed by atoms with E-state index in [0.29, 0.717) is 0 Å². The van der Waals surface area contributed by atoms with Crippen LogP contribution < -0.4 is 5.73 Å². The molecule has 1 unspecified atom stereocenters. The summed E-state index contributed by atoms with van der Waals surface area (Å²) in [7, 11) is 0. The molecule has 0 aromatic heterocycles. The van der Waals surface area contributed by atoms with Gasteiger partial charge in [0.1, 0.15) is 0 Å². The summed E-state index contributed by atoms with van der Waals surface area (Å²) in [4.78, 5) is 0. The molecular formula is C18H21N. The van der Waals surface area contributed by atoms with Gasteiger partial charge in [-0.2, -0.15) is 0 Å². The third-order valence-corrected chi connectivity index (χ3v) is 4.52. The predicted octanol–water partition coefficient (Wildman–Crippen LogP) is 3.38. The molecular weight excluding hydrogens is 230 g/mol. The molecule has 0 fully saturated rings. The topological polar surface area (TPSA) is 26.0 Å². The fraction of sp³-hybridized carbons (Fsp3) is 0.333. The Morgan fingerprint density at radius 2 is 1.79 bits per heavy atom. The normalized spacial score (nSPS) is 21.4. The summed E-state index contributed by atoms with van der Waals surface area (Å²) in [5.74, 6) is 0. The molecule has 1 atom stereocenters. The Morgan fingerprint density at radius 3 is 2.53 bits per heavy atom. The predicted molar refractivity (Wildman–Crippen MR) is 80.4 cm³/mol. The van der Waals surface area contributed by atoms with E-state index in [2.05, 4.69) is 55.5 Å². The van der Waals surface area contributed by atoms with Crippen molar-refractivity contribution >= 4 is 0 Å². The summed E-state index contributed by atoms with van der Waals surface area (Å²) in [5, 5.41) is 0. The second-order valence-corrected chi connectivity index (χ2v) is 5.80. The molecule has 2 aromatic carbocycles. The Bertz CT molecular complexity index is 570. The highest BCUT2D eigenvalue weighted by Gasteiger charge is 2.37. The molecule has 0 bridgehead atoms. The van der Waals surface area contributed by atoms with Crippen LogP contribution in [0.5, 0.6) is 0 Å². The molecule has 0 saturated carbocycles. The molecule has 3 rings (SSSR count). The van der Waals surface area contributed by atoms with Crippen molar-refractivity contribution in [3.05, 3.63) is 70.8 Å². The fourth-order valence-electron chi connectivity index (χ4n) is 3.33. The van der Waals surface area contributed by atoms with E-state index in [-0.39, 0.29) is 5.41 Å². The first kappa shape index (κ1) is 12.4. The highest BCUT2D eigenvalue weighted by Crippen LogP contribution is 2.40. The molecule has 98 valence electrons. The van der Waals surface area contributed by atoms with E-state index in [9.17, 15) is 0 Å². The van der Waals surface area contributed by atoms with E-state index < -0.39 is 0 Å². The van der Waals surface area contributed by atoms with Crippen molar-refractivity contribution < 1.29 is 0 Å². The molecule has 0 radical (unpaired) electrons. The number of nitrogens with two attached hydrogens (primary N) is 1. The van der Waals surface area contributed by atoms with Gasteiger partial charge in [-0.05, 0) is 42.9 Å². The number of aryl methyl sites for hydroxylation is 2. The van der Waals surface area contributed by atoms with Crippen LogP contribution in [-0.4, -0.2) is 6.54 Å². The summed E-state index contributed by atoms with van der Waals surface area (Å²) >= 11 is 0. The molecule has 2 N–H and O–H groups in total. The quantitative estimate of drug-likeness (QED) is 0.889.